The number of carbonyl (C=O) groups excluding carboxylic acids is 1. The Morgan fingerprint density at radius 2 is 0.924 bits per heavy atom. The molecule has 6 aromatic rings. The van der Waals surface area contributed by atoms with Gasteiger partial charge < -0.3 is 24.1 Å². The molecule has 0 amide bonds. The number of benzene rings is 6. The molecule has 0 bridgehead atoms. The number of phenolic OH excluding ortho intramolecular Hbond substituents is 1. The Balaban J connectivity index is 1.35. The maximum absolute atomic E-state index is 12.5. The van der Waals surface area contributed by atoms with Gasteiger partial charge in [-0.3, -0.25) is 0 Å². The molecular weight excluding hydrogens is 817 g/mol. The second-order valence-corrected chi connectivity index (χ2v) is 18.9. The fourth-order valence-electron chi connectivity index (χ4n) is 9.20. The molecule has 6 nitrogen and oxygen atoms in total. The largest absolute Gasteiger partial charge is 0.507 e. The highest BCUT2D eigenvalue weighted by molar-refractivity contribution is 5.72. The van der Waals surface area contributed by atoms with E-state index in [2.05, 4.69) is 138 Å². The van der Waals surface area contributed by atoms with Crippen LogP contribution in [0.15, 0.2) is 122 Å². The summed E-state index contributed by atoms with van der Waals surface area (Å²) in [5, 5.41) is 10.8. The van der Waals surface area contributed by atoms with Crippen LogP contribution in [0, 0.1) is 55.4 Å². The minimum atomic E-state index is -0.593. The summed E-state index contributed by atoms with van der Waals surface area (Å²) >= 11 is 0. The fourth-order valence-corrected chi connectivity index (χ4v) is 9.20. The summed E-state index contributed by atoms with van der Waals surface area (Å²) in [5.74, 6) is 2.25. The molecule has 0 fully saturated rings. The van der Waals surface area contributed by atoms with E-state index in [4.69, 9.17) is 18.9 Å². The van der Waals surface area contributed by atoms with Gasteiger partial charge in [0.1, 0.15) is 41.8 Å². The van der Waals surface area contributed by atoms with Crippen molar-refractivity contribution in [3.63, 3.8) is 0 Å². The van der Waals surface area contributed by atoms with E-state index in [1.165, 1.54) is 27.8 Å². The van der Waals surface area contributed by atoms with E-state index in [1.54, 1.807) is 12.2 Å². The highest BCUT2D eigenvalue weighted by atomic mass is 16.6. The first-order valence-corrected chi connectivity index (χ1v) is 23.0. The third-order valence-corrected chi connectivity index (χ3v) is 12.0. The van der Waals surface area contributed by atoms with Crippen molar-refractivity contribution in [2.24, 2.45) is 0 Å². The van der Waals surface area contributed by atoms with Crippen molar-refractivity contribution >= 4 is 5.97 Å². The lowest BCUT2D eigenvalue weighted by atomic mass is 9.81. The van der Waals surface area contributed by atoms with Crippen LogP contribution in [-0.4, -0.2) is 36.5 Å². The molecule has 0 aliphatic heterocycles. The topological polar surface area (TPSA) is 74.2 Å². The third kappa shape index (κ3) is 11.8. The summed E-state index contributed by atoms with van der Waals surface area (Å²) in [6, 6.07) is 35.4. The number of esters is 1. The number of hydrogen-bond donors (Lipinski definition) is 1. The molecule has 6 aromatic carbocycles. The zero-order valence-corrected chi connectivity index (χ0v) is 41.0. The molecule has 0 radical (unpaired) electrons. The highest BCUT2D eigenvalue weighted by Crippen LogP contribution is 2.41. The Labute approximate surface area is 394 Å². The molecule has 6 rings (SSSR count). The van der Waals surface area contributed by atoms with Crippen LogP contribution in [0.1, 0.15) is 122 Å². The van der Waals surface area contributed by atoms with Crippen LogP contribution in [0.2, 0.25) is 0 Å². The highest BCUT2D eigenvalue weighted by Gasteiger charge is 2.25. The number of hydrogen-bond acceptors (Lipinski definition) is 6. The first-order valence-electron chi connectivity index (χ1n) is 23.0. The molecule has 66 heavy (non-hydrogen) atoms. The number of carbonyl (C=O) groups is 1. The van der Waals surface area contributed by atoms with Gasteiger partial charge in [-0.25, -0.2) is 4.79 Å². The van der Waals surface area contributed by atoms with Crippen LogP contribution in [0.4, 0.5) is 0 Å². The van der Waals surface area contributed by atoms with Gasteiger partial charge in [0, 0.05) is 11.8 Å². The van der Waals surface area contributed by atoms with Gasteiger partial charge >= 0.3 is 5.97 Å². The van der Waals surface area contributed by atoms with E-state index in [9.17, 15) is 9.90 Å². The minimum Gasteiger partial charge on any atom is -0.507 e. The Morgan fingerprint density at radius 3 is 1.38 bits per heavy atom. The standard InChI is InChI=1S/C60H68O6/c1-14-26-63-57-40(6)30-51(31-41(57)7)55(46-21-16-37(3)17-22-46)52-34-44(10)59(64-27-15-2)48(35-52)25-20-45-18-23-47(24-19-45)54(49-28-38(4)56(62)39(5)29-49)50-32-42(8)58(43(9)33-50)65-36-53(61)66-60(11,12)13/h14-19,21-24,28-35,54-55,62H,1-2,20,25-27,36H2,3-13H3. The molecule has 0 aromatic heterocycles. The normalized spacial score (nSPS) is 12.3. The first kappa shape index (κ1) is 48.9. The predicted molar refractivity (Wildman–Crippen MR) is 270 cm³/mol. The number of ether oxygens (including phenoxy) is 4. The van der Waals surface area contributed by atoms with Crippen LogP contribution in [-0.2, 0) is 22.4 Å². The maximum atomic E-state index is 12.5. The van der Waals surface area contributed by atoms with E-state index in [0.717, 1.165) is 85.5 Å². The van der Waals surface area contributed by atoms with Gasteiger partial charge in [0.05, 0.1) is 0 Å². The van der Waals surface area contributed by atoms with Crippen molar-refractivity contribution in [2.75, 3.05) is 19.8 Å². The quantitative estimate of drug-likeness (QED) is 0.0526. The summed E-state index contributed by atoms with van der Waals surface area (Å²) in [5.41, 5.74) is 16.7. The molecule has 0 saturated carbocycles. The average molecular weight is 885 g/mol. The number of phenols is 1. The summed E-state index contributed by atoms with van der Waals surface area (Å²) in [6.07, 6.45) is 5.16. The second-order valence-electron chi connectivity index (χ2n) is 18.9. The van der Waals surface area contributed by atoms with Crippen LogP contribution in [0.25, 0.3) is 0 Å². The Kier molecular flexibility index (Phi) is 15.7. The fraction of sp³-hybridized carbons (Fsp3) is 0.317. The van der Waals surface area contributed by atoms with Crippen molar-refractivity contribution in [1.29, 1.82) is 0 Å². The van der Waals surface area contributed by atoms with Gasteiger partial charge in [0.15, 0.2) is 6.61 Å². The van der Waals surface area contributed by atoms with E-state index >= 15 is 0 Å². The summed E-state index contributed by atoms with van der Waals surface area (Å²) in [7, 11) is 0. The number of aromatic hydroxyl groups is 1. The molecule has 6 heteroatoms. The SMILES string of the molecule is C=CCOc1c(C)cc(C(c2ccc(C)cc2)c2cc(C)c(OCC=C)c(CCc3ccc(C(c4cc(C)c(O)c(C)c4)c4cc(C)c(OCC(=O)OC(C)(C)C)c(C)c4)cc3)c2)cc1C. The van der Waals surface area contributed by atoms with Crippen LogP contribution >= 0.6 is 0 Å². The molecule has 2 atom stereocenters. The average Bonchev–Trinajstić information content (AvgIpc) is 3.24. The van der Waals surface area contributed by atoms with Crippen LogP contribution in [0.3, 0.4) is 0 Å². The van der Waals surface area contributed by atoms with E-state index in [-0.39, 0.29) is 18.4 Å². The van der Waals surface area contributed by atoms with Gasteiger partial charge in [0.2, 0.25) is 0 Å². The smallest absolute Gasteiger partial charge is 0.344 e. The molecule has 0 aliphatic carbocycles. The lowest BCUT2D eigenvalue weighted by molar-refractivity contribution is -0.157. The number of rotatable bonds is 18. The van der Waals surface area contributed by atoms with Gasteiger partial charge in [-0.1, -0.05) is 128 Å². The minimum absolute atomic E-state index is 0.0105. The summed E-state index contributed by atoms with van der Waals surface area (Å²) in [4.78, 5) is 12.5. The third-order valence-electron chi connectivity index (χ3n) is 12.0. The van der Waals surface area contributed by atoms with Crippen molar-refractivity contribution in [3.05, 3.63) is 211 Å². The molecule has 0 aliphatic rings. The van der Waals surface area contributed by atoms with Gasteiger partial charge in [-0.15, -0.1) is 0 Å². The van der Waals surface area contributed by atoms with Crippen LogP contribution in [0.5, 0.6) is 23.0 Å². The Hall–Kier alpha value is -6.53. The number of aryl methyl sites for hydroxylation is 10. The maximum Gasteiger partial charge on any atom is 0.344 e. The van der Waals surface area contributed by atoms with E-state index in [1.807, 2.05) is 48.5 Å². The zero-order chi connectivity index (χ0) is 47.9. The molecule has 1 N–H and O–H groups in total. The summed E-state index contributed by atoms with van der Waals surface area (Å²) < 4.78 is 24.1. The molecule has 344 valence electrons. The first-order chi connectivity index (χ1) is 31.4. The monoisotopic (exact) mass is 885 g/mol. The van der Waals surface area contributed by atoms with Gasteiger partial charge in [-0.05, 0) is 172 Å². The lowest BCUT2D eigenvalue weighted by Gasteiger charge is -2.24. The van der Waals surface area contributed by atoms with E-state index < -0.39 is 11.6 Å². The second kappa shape index (κ2) is 21.2. The Morgan fingerprint density at radius 1 is 0.530 bits per heavy atom. The molecule has 2 unspecified atom stereocenters. The molecule has 0 heterocycles. The van der Waals surface area contributed by atoms with Crippen molar-refractivity contribution in [3.8, 4) is 23.0 Å². The molecule has 0 spiro atoms. The molecular formula is C60H68O6. The van der Waals surface area contributed by atoms with Crippen molar-refractivity contribution in [1.82, 2.24) is 0 Å². The predicted octanol–water partition coefficient (Wildman–Crippen LogP) is 13.9. The van der Waals surface area contributed by atoms with E-state index in [0.29, 0.717) is 24.7 Å². The van der Waals surface area contributed by atoms with Gasteiger partial charge in [-0.2, -0.15) is 0 Å². The lowest BCUT2D eigenvalue weighted by Crippen LogP contribution is -2.27. The Bertz CT molecular complexity index is 2630. The van der Waals surface area contributed by atoms with Crippen molar-refractivity contribution < 1.29 is 28.8 Å². The molecule has 0 saturated heterocycles. The van der Waals surface area contributed by atoms with Crippen molar-refractivity contribution in [2.45, 2.75) is 106 Å². The summed E-state index contributed by atoms with van der Waals surface area (Å²) in [6.45, 7) is 30.5. The van der Waals surface area contributed by atoms with Gasteiger partial charge in [0.25, 0.3) is 0 Å². The van der Waals surface area contributed by atoms with Crippen LogP contribution < -0.4 is 14.2 Å². The zero-order valence-electron chi connectivity index (χ0n) is 41.0.